The molecule has 0 spiro atoms. The van der Waals surface area contributed by atoms with E-state index in [1.165, 1.54) is 18.4 Å². The maximum absolute atomic E-state index is 11.0. The van der Waals surface area contributed by atoms with Gasteiger partial charge < -0.3 is 4.42 Å². The van der Waals surface area contributed by atoms with Crippen molar-refractivity contribution in [2.45, 2.75) is 32.6 Å². The molecule has 2 aromatic rings. The Kier molecular flexibility index (Phi) is 2.90. The van der Waals surface area contributed by atoms with E-state index in [9.17, 15) is 4.79 Å². The monoisotopic (exact) mass is 205 g/mol. The third-order valence-corrected chi connectivity index (χ3v) is 2.59. The number of rotatable bonds is 4. The van der Waals surface area contributed by atoms with E-state index < -0.39 is 0 Å². The van der Waals surface area contributed by atoms with Crippen molar-refractivity contribution in [3.63, 3.8) is 0 Å². The summed E-state index contributed by atoms with van der Waals surface area (Å²) in [5.41, 5.74) is 2.69. The van der Waals surface area contributed by atoms with E-state index in [0.29, 0.717) is 5.58 Å². The number of benzene rings is 1. The number of aromatic nitrogens is 1. The molecule has 0 aliphatic rings. The summed E-state index contributed by atoms with van der Waals surface area (Å²) in [4.78, 5) is 13.8. The number of oxazole rings is 1. The van der Waals surface area contributed by atoms with Gasteiger partial charge in [-0.1, -0.05) is 31.9 Å². The molecule has 0 aliphatic carbocycles. The van der Waals surface area contributed by atoms with Crippen molar-refractivity contribution in [2.24, 2.45) is 0 Å². The smallest absolute Gasteiger partial charge is 0.408 e. The Morgan fingerprint density at radius 2 is 2.20 bits per heavy atom. The van der Waals surface area contributed by atoms with Crippen molar-refractivity contribution in [1.29, 1.82) is 0 Å². The highest BCUT2D eigenvalue weighted by atomic mass is 16.4. The lowest BCUT2D eigenvalue weighted by Gasteiger charge is -2.00. The van der Waals surface area contributed by atoms with E-state index in [2.05, 4.69) is 11.9 Å². The maximum Gasteiger partial charge on any atom is 0.417 e. The average Bonchev–Trinajstić information content (AvgIpc) is 2.59. The van der Waals surface area contributed by atoms with Gasteiger partial charge in [0.05, 0.1) is 5.52 Å². The second-order valence-corrected chi connectivity index (χ2v) is 3.76. The molecule has 1 N–H and O–H groups in total. The van der Waals surface area contributed by atoms with Gasteiger partial charge in [-0.2, -0.15) is 0 Å². The van der Waals surface area contributed by atoms with Crippen LogP contribution in [0.3, 0.4) is 0 Å². The van der Waals surface area contributed by atoms with Crippen LogP contribution >= 0.6 is 0 Å². The van der Waals surface area contributed by atoms with Crippen LogP contribution in [-0.4, -0.2) is 4.98 Å². The highest BCUT2D eigenvalue weighted by Crippen LogP contribution is 2.17. The summed E-state index contributed by atoms with van der Waals surface area (Å²) in [6.07, 6.45) is 4.58. The van der Waals surface area contributed by atoms with Crippen molar-refractivity contribution in [3.8, 4) is 0 Å². The quantitative estimate of drug-likeness (QED) is 0.780. The number of aryl methyl sites for hydroxylation is 1. The molecule has 0 aliphatic heterocycles. The second-order valence-electron chi connectivity index (χ2n) is 3.76. The molecule has 80 valence electrons. The topological polar surface area (TPSA) is 46.0 Å². The number of hydrogen-bond acceptors (Lipinski definition) is 2. The van der Waals surface area contributed by atoms with Crippen LogP contribution in [0.5, 0.6) is 0 Å². The summed E-state index contributed by atoms with van der Waals surface area (Å²) in [6, 6.07) is 5.79. The van der Waals surface area contributed by atoms with Crippen molar-refractivity contribution in [3.05, 3.63) is 34.3 Å². The number of aromatic amines is 1. The van der Waals surface area contributed by atoms with Gasteiger partial charge in [0.15, 0.2) is 5.58 Å². The number of unbranched alkanes of at least 4 members (excludes halogenated alkanes) is 2. The number of para-hydroxylation sites is 1. The lowest BCUT2D eigenvalue weighted by molar-refractivity contribution is 0.555. The molecule has 15 heavy (non-hydrogen) atoms. The Bertz CT molecular complexity index is 496. The molecule has 1 heterocycles. The zero-order valence-electron chi connectivity index (χ0n) is 8.88. The van der Waals surface area contributed by atoms with Crippen molar-refractivity contribution < 1.29 is 4.42 Å². The Labute approximate surface area is 88.1 Å². The van der Waals surface area contributed by atoms with Crippen LogP contribution < -0.4 is 5.76 Å². The average molecular weight is 205 g/mol. The van der Waals surface area contributed by atoms with Crippen molar-refractivity contribution >= 4 is 11.1 Å². The predicted octanol–water partition coefficient (Wildman–Crippen LogP) is 2.85. The molecule has 0 unspecified atom stereocenters. The summed E-state index contributed by atoms with van der Waals surface area (Å²) < 4.78 is 5.00. The summed E-state index contributed by atoms with van der Waals surface area (Å²) in [7, 11) is 0. The standard InChI is InChI=1S/C12H15NO2/c1-2-3-4-6-9-7-5-8-10-11(9)13-12(14)15-10/h5,7-8H,2-4,6H2,1H3,(H,13,14). The molecule has 2 rings (SSSR count). The third kappa shape index (κ3) is 2.12. The van der Waals surface area contributed by atoms with Crippen LogP contribution in [0.1, 0.15) is 31.7 Å². The van der Waals surface area contributed by atoms with E-state index in [0.717, 1.165) is 18.4 Å². The largest absolute Gasteiger partial charge is 0.417 e. The lowest BCUT2D eigenvalue weighted by atomic mass is 10.1. The summed E-state index contributed by atoms with van der Waals surface area (Å²) in [5, 5.41) is 0. The van der Waals surface area contributed by atoms with Gasteiger partial charge in [-0.05, 0) is 24.5 Å². The molecular weight excluding hydrogens is 190 g/mol. The van der Waals surface area contributed by atoms with E-state index >= 15 is 0 Å². The van der Waals surface area contributed by atoms with Crippen LogP contribution in [0.15, 0.2) is 27.4 Å². The first kappa shape index (κ1) is 10.0. The molecule has 0 saturated carbocycles. The first-order valence-corrected chi connectivity index (χ1v) is 5.42. The molecular formula is C12H15NO2. The highest BCUT2D eigenvalue weighted by molar-refractivity contribution is 5.75. The number of hydrogen-bond donors (Lipinski definition) is 1. The highest BCUT2D eigenvalue weighted by Gasteiger charge is 2.05. The Morgan fingerprint density at radius 3 is 3.00 bits per heavy atom. The van der Waals surface area contributed by atoms with Crippen LogP contribution in [0.2, 0.25) is 0 Å². The Hall–Kier alpha value is -1.51. The first-order valence-electron chi connectivity index (χ1n) is 5.42. The number of H-pyrrole nitrogens is 1. The van der Waals surface area contributed by atoms with Crippen LogP contribution in [0, 0.1) is 0 Å². The third-order valence-electron chi connectivity index (χ3n) is 2.59. The summed E-state index contributed by atoms with van der Waals surface area (Å²) >= 11 is 0. The second kappa shape index (κ2) is 4.34. The number of fused-ring (bicyclic) bond motifs is 1. The van der Waals surface area contributed by atoms with E-state index in [1.54, 1.807) is 0 Å². The van der Waals surface area contributed by atoms with Gasteiger partial charge in [-0.25, -0.2) is 4.79 Å². The van der Waals surface area contributed by atoms with E-state index in [1.807, 2.05) is 18.2 Å². The Balaban J connectivity index is 2.29. The van der Waals surface area contributed by atoms with E-state index in [4.69, 9.17) is 4.42 Å². The minimum absolute atomic E-state index is 0.368. The molecule has 0 radical (unpaired) electrons. The Morgan fingerprint density at radius 1 is 1.33 bits per heavy atom. The molecule has 0 fully saturated rings. The summed E-state index contributed by atoms with van der Waals surface area (Å²) in [5.74, 6) is -0.368. The molecule has 1 aromatic heterocycles. The zero-order chi connectivity index (χ0) is 10.7. The van der Waals surface area contributed by atoms with Gasteiger partial charge in [-0.3, -0.25) is 4.98 Å². The van der Waals surface area contributed by atoms with Gasteiger partial charge in [0, 0.05) is 0 Å². The van der Waals surface area contributed by atoms with Gasteiger partial charge in [-0.15, -0.1) is 0 Å². The minimum atomic E-state index is -0.368. The SMILES string of the molecule is CCCCCc1cccc2oc(=O)[nH]c12. The maximum atomic E-state index is 11.0. The molecule has 1 aromatic carbocycles. The number of nitrogens with one attached hydrogen (secondary N) is 1. The fourth-order valence-corrected chi connectivity index (χ4v) is 1.80. The molecule has 3 heteroatoms. The van der Waals surface area contributed by atoms with Gasteiger partial charge >= 0.3 is 5.76 Å². The molecule has 0 amide bonds. The zero-order valence-corrected chi connectivity index (χ0v) is 8.88. The fourth-order valence-electron chi connectivity index (χ4n) is 1.80. The minimum Gasteiger partial charge on any atom is -0.408 e. The molecule has 0 saturated heterocycles. The van der Waals surface area contributed by atoms with Crippen molar-refractivity contribution in [1.82, 2.24) is 4.98 Å². The predicted molar refractivity (Wildman–Crippen MR) is 60.1 cm³/mol. The van der Waals surface area contributed by atoms with E-state index in [-0.39, 0.29) is 5.76 Å². The molecule has 0 bridgehead atoms. The lowest BCUT2D eigenvalue weighted by Crippen LogP contribution is -1.94. The van der Waals surface area contributed by atoms with Crippen LogP contribution in [0.25, 0.3) is 11.1 Å². The summed E-state index contributed by atoms with van der Waals surface area (Å²) in [6.45, 7) is 2.18. The van der Waals surface area contributed by atoms with Gasteiger partial charge in [0.1, 0.15) is 0 Å². The van der Waals surface area contributed by atoms with Crippen LogP contribution in [-0.2, 0) is 6.42 Å². The first-order chi connectivity index (χ1) is 7.31. The normalized spacial score (nSPS) is 11.0. The molecule has 0 atom stereocenters. The van der Waals surface area contributed by atoms with Gasteiger partial charge in [0.25, 0.3) is 0 Å². The van der Waals surface area contributed by atoms with Gasteiger partial charge in [0.2, 0.25) is 0 Å². The fraction of sp³-hybridized carbons (Fsp3) is 0.417. The van der Waals surface area contributed by atoms with Crippen molar-refractivity contribution in [2.75, 3.05) is 0 Å². The van der Waals surface area contributed by atoms with Crippen LogP contribution in [0.4, 0.5) is 0 Å². The molecule has 3 nitrogen and oxygen atoms in total.